The van der Waals surface area contributed by atoms with Gasteiger partial charge in [0.15, 0.2) is 6.29 Å². The summed E-state index contributed by atoms with van der Waals surface area (Å²) in [5.74, 6) is 0. The fourth-order valence-electron chi connectivity index (χ4n) is 2.63. The van der Waals surface area contributed by atoms with Crippen molar-refractivity contribution in [2.24, 2.45) is 0 Å². The van der Waals surface area contributed by atoms with Crippen LogP contribution in [0.3, 0.4) is 0 Å². The van der Waals surface area contributed by atoms with E-state index in [1.807, 2.05) is 6.92 Å². The lowest BCUT2D eigenvalue weighted by molar-refractivity contribution is -0.159. The fraction of sp³-hybridized carbons (Fsp3) is 0.600. The summed E-state index contributed by atoms with van der Waals surface area (Å²) in [4.78, 5) is 0.0978. The number of aliphatic hydroxyl groups is 1. The Balaban J connectivity index is 1.57. The number of benzene rings is 1. The maximum absolute atomic E-state index is 12.1. The molecule has 7 nitrogen and oxygen atoms in total. The van der Waals surface area contributed by atoms with E-state index in [0.29, 0.717) is 13.2 Å². The van der Waals surface area contributed by atoms with E-state index in [2.05, 4.69) is 0 Å². The van der Waals surface area contributed by atoms with E-state index in [0.717, 1.165) is 5.56 Å². The van der Waals surface area contributed by atoms with Crippen LogP contribution in [0.15, 0.2) is 29.2 Å². The molecule has 0 aromatic heterocycles. The molecular weight excluding hydrogens is 324 g/mol. The van der Waals surface area contributed by atoms with E-state index >= 15 is 0 Å². The molecular formula is C15H20O7S. The second-order valence-corrected chi connectivity index (χ2v) is 7.30. The van der Waals surface area contributed by atoms with Gasteiger partial charge in [-0.1, -0.05) is 17.7 Å². The summed E-state index contributed by atoms with van der Waals surface area (Å²) < 4.78 is 45.6. The van der Waals surface area contributed by atoms with E-state index in [9.17, 15) is 13.5 Å². The Labute approximate surface area is 135 Å². The molecule has 2 fully saturated rings. The lowest BCUT2D eigenvalue weighted by atomic mass is 10.1. The highest BCUT2D eigenvalue weighted by Crippen LogP contribution is 2.27. The van der Waals surface area contributed by atoms with Gasteiger partial charge in [-0.15, -0.1) is 0 Å². The highest BCUT2D eigenvalue weighted by molar-refractivity contribution is 7.86. The average molecular weight is 344 g/mol. The SMILES string of the molecule is Cc1ccc(S(=O)(=O)OC[C@@H]2C[C@@H](O)[C@H](C3OCCO3)O2)cc1. The van der Waals surface area contributed by atoms with Crippen molar-refractivity contribution in [3.63, 3.8) is 0 Å². The molecule has 2 saturated heterocycles. The zero-order valence-electron chi connectivity index (χ0n) is 12.8. The first-order valence-electron chi connectivity index (χ1n) is 7.48. The van der Waals surface area contributed by atoms with Crippen LogP contribution < -0.4 is 0 Å². The number of rotatable bonds is 5. The molecule has 23 heavy (non-hydrogen) atoms. The molecule has 2 aliphatic heterocycles. The molecule has 0 unspecified atom stereocenters. The first kappa shape index (κ1) is 16.8. The summed E-state index contributed by atoms with van der Waals surface area (Å²) in [5, 5.41) is 10.0. The molecule has 3 atom stereocenters. The van der Waals surface area contributed by atoms with Crippen molar-refractivity contribution in [1.82, 2.24) is 0 Å². The third-order valence-corrected chi connectivity index (χ3v) is 5.16. The molecule has 0 spiro atoms. The minimum absolute atomic E-state index is 0.0978. The van der Waals surface area contributed by atoms with Crippen LogP contribution in [0.25, 0.3) is 0 Å². The zero-order chi connectivity index (χ0) is 16.4. The third-order valence-electron chi connectivity index (χ3n) is 3.87. The molecule has 0 aliphatic carbocycles. The average Bonchev–Trinajstić information content (AvgIpc) is 3.15. The summed E-state index contributed by atoms with van der Waals surface area (Å²) in [7, 11) is -3.84. The molecule has 2 heterocycles. The Hall–Kier alpha value is -1.03. The minimum Gasteiger partial charge on any atom is -0.390 e. The maximum atomic E-state index is 12.1. The lowest BCUT2D eigenvalue weighted by Gasteiger charge is -2.20. The summed E-state index contributed by atoms with van der Waals surface area (Å²) >= 11 is 0. The standard InChI is InChI=1S/C15H20O7S/c1-10-2-4-12(5-3-10)23(17,18)21-9-11-8-13(16)14(22-11)15-19-6-7-20-15/h2-5,11,13-16H,6-9H2,1H3/t11-,13+,14+/m0/s1. The fourth-order valence-corrected chi connectivity index (χ4v) is 3.57. The van der Waals surface area contributed by atoms with Gasteiger partial charge in [-0.3, -0.25) is 4.18 Å². The molecule has 1 aromatic carbocycles. The Bertz CT molecular complexity index is 622. The predicted octanol–water partition coefficient (Wildman–Crippen LogP) is 0.592. The largest absolute Gasteiger partial charge is 0.390 e. The quantitative estimate of drug-likeness (QED) is 0.782. The Morgan fingerprint density at radius 3 is 2.52 bits per heavy atom. The third kappa shape index (κ3) is 3.90. The van der Waals surface area contributed by atoms with Gasteiger partial charge in [0, 0.05) is 6.42 Å². The first-order valence-corrected chi connectivity index (χ1v) is 8.89. The van der Waals surface area contributed by atoms with Crippen LogP contribution in [0.5, 0.6) is 0 Å². The van der Waals surface area contributed by atoms with Gasteiger partial charge in [-0.25, -0.2) is 0 Å². The van der Waals surface area contributed by atoms with Crippen LogP contribution in [0, 0.1) is 6.92 Å². The Morgan fingerprint density at radius 2 is 1.87 bits per heavy atom. The van der Waals surface area contributed by atoms with Crippen LogP contribution in [-0.2, 0) is 28.5 Å². The predicted molar refractivity (Wildman–Crippen MR) is 79.3 cm³/mol. The van der Waals surface area contributed by atoms with Crippen LogP contribution in [0.2, 0.25) is 0 Å². The van der Waals surface area contributed by atoms with Gasteiger partial charge < -0.3 is 19.3 Å². The van der Waals surface area contributed by atoms with Crippen LogP contribution >= 0.6 is 0 Å². The van der Waals surface area contributed by atoms with Gasteiger partial charge in [0.05, 0.1) is 36.9 Å². The highest BCUT2D eigenvalue weighted by Gasteiger charge is 2.42. The van der Waals surface area contributed by atoms with E-state index in [1.165, 1.54) is 12.1 Å². The van der Waals surface area contributed by atoms with E-state index in [-0.39, 0.29) is 17.9 Å². The van der Waals surface area contributed by atoms with Gasteiger partial charge in [0.2, 0.25) is 0 Å². The van der Waals surface area contributed by atoms with Gasteiger partial charge in [0.25, 0.3) is 10.1 Å². The van der Waals surface area contributed by atoms with Crippen molar-refractivity contribution in [3.8, 4) is 0 Å². The van der Waals surface area contributed by atoms with E-state index < -0.39 is 34.7 Å². The lowest BCUT2D eigenvalue weighted by Crippen LogP contribution is -2.35. The summed E-state index contributed by atoms with van der Waals surface area (Å²) in [6.07, 6.45) is -2.24. The van der Waals surface area contributed by atoms with Crippen LogP contribution in [0.1, 0.15) is 12.0 Å². The van der Waals surface area contributed by atoms with Crippen molar-refractivity contribution in [2.45, 2.75) is 42.8 Å². The molecule has 0 bridgehead atoms. The Kier molecular flexibility index (Phi) is 5.00. The van der Waals surface area contributed by atoms with Crippen molar-refractivity contribution >= 4 is 10.1 Å². The number of hydrogen-bond acceptors (Lipinski definition) is 7. The minimum atomic E-state index is -3.84. The number of aryl methyl sites for hydroxylation is 1. The van der Waals surface area contributed by atoms with Crippen molar-refractivity contribution in [2.75, 3.05) is 19.8 Å². The number of ether oxygens (including phenoxy) is 3. The molecule has 3 rings (SSSR count). The van der Waals surface area contributed by atoms with Crippen LogP contribution in [-0.4, -0.2) is 57.9 Å². The molecule has 8 heteroatoms. The second kappa shape index (κ2) is 6.84. The highest BCUT2D eigenvalue weighted by atomic mass is 32.2. The first-order chi connectivity index (χ1) is 11.0. The topological polar surface area (TPSA) is 91.3 Å². The second-order valence-electron chi connectivity index (χ2n) is 5.69. The molecule has 0 saturated carbocycles. The molecule has 128 valence electrons. The monoisotopic (exact) mass is 344 g/mol. The van der Waals surface area contributed by atoms with Gasteiger partial charge in [-0.2, -0.15) is 8.42 Å². The normalized spacial score (nSPS) is 29.2. The molecule has 0 amide bonds. The molecule has 1 aromatic rings. The molecule has 2 aliphatic rings. The number of aliphatic hydroxyl groups excluding tert-OH is 1. The molecule has 1 N–H and O–H groups in total. The van der Waals surface area contributed by atoms with Crippen LogP contribution in [0.4, 0.5) is 0 Å². The van der Waals surface area contributed by atoms with Crippen molar-refractivity contribution < 1.29 is 31.9 Å². The smallest absolute Gasteiger partial charge is 0.297 e. The van der Waals surface area contributed by atoms with E-state index in [4.69, 9.17) is 18.4 Å². The van der Waals surface area contributed by atoms with E-state index in [1.54, 1.807) is 12.1 Å². The Morgan fingerprint density at radius 1 is 1.22 bits per heavy atom. The van der Waals surface area contributed by atoms with Gasteiger partial charge in [-0.05, 0) is 19.1 Å². The summed E-state index contributed by atoms with van der Waals surface area (Å²) in [6.45, 7) is 2.63. The van der Waals surface area contributed by atoms with Gasteiger partial charge in [0.1, 0.15) is 6.10 Å². The molecule has 0 radical (unpaired) electrons. The maximum Gasteiger partial charge on any atom is 0.297 e. The summed E-state index contributed by atoms with van der Waals surface area (Å²) in [5.41, 5.74) is 0.964. The number of hydrogen-bond donors (Lipinski definition) is 1. The van der Waals surface area contributed by atoms with Crippen molar-refractivity contribution in [1.29, 1.82) is 0 Å². The van der Waals surface area contributed by atoms with Gasteiger partial charge >= 0.3 is 0 Å². The van der Waals surface area contributed by atoms with Crippen molar-refractivity contribution in [3.05, 3.63) is 29.8 Å². The summed E-state index contributed by atoms with van der Waals surface area (Å²) in [6, 6.07) is 6.41. The zero-order valence-corrected chi connectivity index (χ0v) is 13.6.